The van der Waals surface area contributed by atoms with Gasteiger partial charge >= 0.3 is 0 Å². The molecule has 8 aromatic carbocycles. The standard InChI is InChI=1S/C49H33N3S/c1-3-16-34(17-4-1)44-31-45(35-18-5-2-6-19-35)51-48(50-44)37-22-11-21-36(30-37)40-29-28-33-15-8-10-24-39(33)46(40)42-26-13-27-43-47(42)53-49(52-43)41-25-12-20-32-14-7-9-23-38(32)41/h1-31,49,52H. The van der Waals surface area contributed by atoms with E-state index in [0.29, 0.717) is 5.82 Å². The van der Waals surface area contributed by atoms with Crippen LogP contribution in [0, 0.1) is 0 Å². The van der Waals surface area contributed by atoms with E-state index in [1.54, 1.807) is 0 Å². The summed E-state index contributed by atoms with van der Waals surface area (Å²) in [5, 5.41) is 8.96. The Labute approximate surface area is 313 Å². The van der Waals surface area contributed by atoms with Crippen LogP contribution >= 0.6 is 11.8 Å². The summed E-state index contributed by atoms with van der Waals surface area (Å²) in [6, 6.07) is 66.7. The second kappa shape index (κ2) is 13.2. The molecule has 2 heterocycles. The topological polar surface area (TPSA) is 37.8 Å². The van der Waals surface area contributed by atoms with Crippen LogP contribution < -0.4 is 5.32 Å². The van der Waals surface area contributed by atoms with Crippen molar-refractivity contribution in [3.05, 3.63) is 194 Å². The Morgan fingerprint density at radius 2 is 1.02 bits per heavy atom. The highest BCUT2D eigenvalue weighted by Crippen LogP contribution is 2.53. The molecular formula is C49H33N3S. The molecule has 3 nitrogen and oxygen atoms in total. The average Bonchev–Trinajstić information content (AvgIpc) is 3.68. The summed E-state index contributed by atoms with van der Waals surface area (Å²) >= 11 is 1.91. The largest absolute Gasteiger partial charge is 0.368 e. The minimum atomic E-state index is 0.104. The van der Waals surface area contributed by atoms with Crippen molar-refractivity contribution in [2.45, 2.75) is 10.3 Å². The zero-order chi connectivity index (χ0) is 35.1. The van der Waals surface area contributed by atoms with E-state index < -0.39 is 0 Å². The zero-order valence-electron chi connectivity index (χ0n) is 28.8. The Morgan fingerprint density at radius 3 is 1.77 bits per heavy atom. The molecule has 0 radical (unpaired) electrons. The van der Waals surface area contributed by atoms with Crippen LogP contribution in [0.1, 0.15) is 10.9 Å². The van der Waals surface area contributed by atoms with Gasteiger partial charge in [-0.2, -0.15) is 0 Å². The number of benzene rings is 8. The van der Waals surface area contributed by atoms with Gasteiger partial charge < -0.3 is 5.32 Å². The van der Waals surface area contributed by atoms with Gasteiger partial charge in [0.15, 0.2) is 5.82 Å². The normalized spacial score (nSPS) is 13.5. The van der Waals surface area contributed by atoms with Crippen molar-refractivity contribution in [1.29, 1.82) is 0 Å². The Morgan fingerprint density at radius 1 is 0.434 bits per heavy atom. The maximum absolute atomic E-state index is 5.15. The number of rotatable bonds is 6. The van der Waals surface area contributed by atoms with Crippen LogP contribution in [0.2, 0.25) is 0 Å². The minimum absolute atomic E-state index is 0.104. The molecule has 4 heteroatoms. The van der Waals surface area contributed by atoms with Crippen molar-refractivity contribution in [1.82, 2.24) is 9.97 Å². The van der Waals surface area contributed by atoms with E-state index >= 15 is 0 Å². The molecule has 0 saturated heterocycles. The lowest BCUT2D eigenvalue weighted by Gasteiger charge is -2.17. The first-order chi connectivity index (χ1) is 26.3. The van der Waals surface area contributed by atoms with Gasteiger partial charge in [-0.15, -0.1) is 0 Å². The van der Waals surface area contributed by atoms with Gasteiger partial charge in [0, 0.05) is 27.3 Å². The summed E-state index contributed by atoms with van der Waals surface area (Å²) in [6.45, 7) is 0. The summed E-state index contributed by atoms with van der Waals surface area (Å²) < 4.78 is 0. The fourth-order valence-electron chi connectivity index (χ4n) is 7.60. The summed E-state index contributed by atoms with van der Waals surface area (Å²) in [5.74, 6) is 0.702. The van der Waals surface area contributed by atoms with E-state index in [4.69, 9.17) is 9.97 Å². The number of hydrogen-bond acceptors (Lipinski definition) is 4. The molecule has 250 valence electrons. The number of thioether (sulfide) groups is 1. The Hall–Kier alpha value is -6.49. The highest BCUT2D eigenvalue weighted by Gasteiger charge is 2.28. The van der Waals surface area contributed by atoms with E-state index in [0.717, 1.165) is 39.3 Å². The van der Waals surface area contributed by atoms with E-state index in [1.807, 2.05) is 23.9 Å². The molecule has 1 atom stereocenters. The average molecular weight is 696 g/mol. The number of nitrogens with zero attached hydrogens (tertiary/aromatic N) is 2. The van der Waals surface area contributed by atoms with Crippen molar-refractivity contribution in [2.75, 3.05) is 5.32 Å². The Bertz CT molecular complexity index is 2730. The Kier molecular flexibility index (Phi) is 7.81. The number of anilines is 1. The van der Waals surface area contributed by atoms with Crippen molar-refractivity contribution in [2.24, 2.45) is 0 Å². The smallest absolute Gasteiger partial charge is 0.160 e. The van der Waals surface area contributed by atoms with E-state index in [-0.39, 0.29) is 5.37 Å². The molecule has 0 amide bonds. The van der Waals surface area contributed by atoms with Gasteiger partial charge in [0.1, 0.15) is 5.37 Å². The van der Waals surface area contributed by atoms with Crippen molar-refractivity contribution < 1.29 is 0 Å². The zero-order valence-corrected chi connectivity index (χ0v) is 29.6. The maximum Gasteiger partial charge on any atom is 0.160 e. The lowest BCUT2D eigenvalue weighted by Crippen LogP contribution is -2.01. The lowest BCUT2D eigenvalue weighted by molar-refractivity contribution is 1.15. The first-order valence-electron chi connectivity index (χ1n) is 17.9. The van der Waals surface area contributed by atoms with Crippen LogP contribution in [-0.2, 0) is 0 Å². The number of fused-ring (bicyclic) bond motifs is 3. The summed E-state index contributed by atoms with van der Waals surface area (Å²) in [5.41, 5.74) is 12.1. The van der Waals surface area contributed by atoms with Crippen molar-refractivity contribution in [3.8, 4) is 56.2 Å². The van der Waals surface area contributed by atoms with E-state index in [1.165, 1.54) is 48.7 Å². The first-order valence-corrected chi connectivity index (χ1v) is 18.8. The fourth-order valence-corrected chi connectivity index (χ4v) is 8.91. The second-order valence-electron chi connectivity index (χ2n) is 13.4. The molecule has 1 N–H and O–H groups in total. The van der Waals surface area contributed by atoms with Gasteiger partial charge in [0.25, 0.3) is 0 Å². The predicted molar refractivity (Wildman–Crippen MR) is 223 cm³/mol. The SMILES string of the molecule is c1ccc(-c2cc(-c3ccccc3)nc(-c3cccc(-c4ccc5ccccc5c4-c4cccc5c4SC(c4cccc6ccccc46)N5)c3)n2)cc1. The first kappa shape index (κ1) is 31.3. The molecule has 10 rings (SSSR count). The summed E-state index contributed by atoms with van der Waals surface area (Å²) in [4.78, 5) is 11.6. The molecule has 1 aliphatic rings. The van der Waals surface area contributed by atoms with Crippen molar-refractivity contribution >= 4 is 39.0 Å². The second-order valence-corrected chi connectivity index (χ2v) is 14.5. The lowest BCUT2D eigenvalue weighted by atomic mass is 9.89. The highest BCUT2D eigenvalue weighted by atomic mass is 32.2. The van der Waals surface area contributed by atoms with Gasteiger partial charge in [-0.1, -0.05) is 182 Å². The summed E-state index contributed by atoms with van der Waals surface area (Å²) in [6.07, 6.45) is 0. The van der Waals surface area contributed by atoms with Gasteiger partial charge in [0.05, 0.1) is 11.4 Å². The number of nitrogens with one attached hydrogen (secondary N) is 1. The molecule has 53 heavy (non-hydrogen) atoms. The van der Waals surface area contributed by atoms with E-state index in [2.05, 4.69) is 181 Å². The van der Waals surface area contributed by atoms with Gasteiger partial charge in [-0.25, -0.2) is 9.97 Å². The molecule has 1 aromatic heterocycles. The number of aromatic nitrogens is 2. The molecule has 9 aromatic rings. The molecule has 0 spiro atoms. The van der Waals surface area contributed by atoms with Gasteiger partial charge in [-0.05, 0) is 67.6 Å². The Balaban J connectivity index is 1.12. The van der Waals surface area contributed by atoms with Crippen LogP contribution in [0.4, 0.5) is 5.69 Å². The molecule has 0 fully saturated rings. The molecule has 0 saturated carbocycles. The molecule has 1 unspecified atom stereocenters. The maximum atomic E-state index is 5.15. The highest BCUT2D eigenvalue weighted by molar-refractivity contribution is 8.00. The van der Waals surface area contributed by atoms with Gasteiger partial charge in [0.2, 0.25) is 0 Å². The van der Waals surface area contributed by atoms with Gasteiger partial charge in [-0.3, -0.25) is 0 Å². The predicted octanol–water partition coefficient (Wildman–Crippen LogP) is 13.3. The quantitative estimate of drug-likeness (QED) is 0.188. The van der Waals surface area contributed by atoms with Crippen LogP contribution in [0.25, 0.3) is 77.7 Å². The fraction of sp³-hybridized carbons (Fsp3) is 0.0204. The molecule has 0 bridgehead atoms. The third kappa shape index (κ3) is 5.74. The molecule has 1 aliphatic heterocycles. The third-order valence-corrected chi connectivity index (χ3v) is 11.4. The van der Waals surface area contributed by atoms with Crippen LogP contribution in [-0.4, -0.2) is 9.97 Å². The molecular weight excluding hydrogens is 663 g/mol. The monoisotopic (exact) mass is 695 g/mol. The van der Waals surface area contributed by atoms with Crippen LogP contribution in [0.5, 0.6) is 0 Å². The summed E-state index contributed by atoms with van der Waals surface area (Å²) in [7, 11) is 0. The van der Waals surface area contributed by atoms with Crippen molar-refractivity contribution in [3.63, 3.8) is 0 Å². The third-order valence-electron chi connectivity index (χ3n) is 10.1. The van der Waals surface area contributed by atoms with Crippen LogP contribution in [0.15, 0.2) is 193 Å². The minimum Gasteiger partial charge on any atom is -0.368 e. The molecule has 0 aliphatic carbocycles. The number of hydrogen-bond donors (Lipinski definition) is 1. The van der Waals surface area contributed by atoms with Crippen LogP contribution in [0.3, 0.4) is 0 Å². The van der Waals surface area contributed by atoms with E-state index in [9.17, 15) is 0 Å².